The van der Waals surface area contributed by atoms with Gasteiger partial charge in [-0.2, -0.15) is 0 Å². The van der Waals surface area contributed by atoms with Crippen molar-refractivity contribution < 1.29 is 9.59 Å². The lowest BCUT2D eigenvalue weighted by atomic mass is 9.64. The number of fused-ring (bicyclic) bond motifs is 2. The van der Waals surface area contributed by atoms with Crippen molar-refractivity contribution in [2.24, 2.45) is 22.0 Å². The summed E-state index contributed by atoms with van der Waals surface area (Å²) in [6.45, 7) is 7.06. The predicted molar refractivity (Wildman–Crippen MR) is 65.2 cm³/mol. The molecular formula is C13H22N2O2. The predicted octanol–water partition coefficient (Wildman–Crippen LogP) is 0.847. The molecule has 2 saturated carbocycles. The molecule has 2 fully saturated rings. The molecule has 17 heavy (non-hydrogen) atoms. The molecule has 0 aromatic heterocycles. The van der Waals surface area contributed by atoms with Crippen LogP contribution in [-0.4, -0.2) is 24.8 Å². The van der Waals surface area contributed by atoms with Gasteiger partial charge in [-0.1, -0.05) is 20.8 Å². The Morgan fingerprint density at radius 1 is 1.35 bits per heavy atom. The standard InChI is InChI=1S/C13H22N2O2/c1-11(2)12(3)4-5-13(11,8-9(12)16)10(17)15-7-6-14/h4-8,14H2,1-3H3,(H,15,17)/t12-,13+/m1/s1. The van der Waals surface area contributed by atoms with Crippen LogP contribution in [-0.2, 0) is 9.59 Å². The molecule has 0 aromatic carbocycles. The molecule has 2 atom stereocenters. The number of nitrogens with two attached hydrogens (primary N) is 1. The lowest BCUT2D eigenvalue weighted by molar-refractivity contribution is -0.136. The van der Waals surface area contributed by atoms with Gasteiger partial charge in [-0.05, 0) is 18.3 Å². The maximum Gasteiger partial charge on any atom is 0.227 e. The smallest absolute Gasteiger partial charge is 0.227 e. The molecule has 2 bridgehead atoms. The van der Waals surface area contributed by atoms with Gasteiger partial charge in [-0.15, -0.1) is 0 Å². The normalized spacial score (nSPS) is 38.5. The Morgan fingerprint density at radius 2 is 2.00 bits per heavy atom. The lowest BCUT2D eigenvalue weighted by Crippen LogP contribution is -2.47. The van der Waals surface area contributed by atoms with Crippen LogP contribution in [0.15, 0.2) is 0 Å². The highest BCUT2D eigenvalue weighted by molar-refractivity contribution is 5.99. The number of nitrogens with one attached hydrogen (secondary N) is 1. The molecule has 4 heteroatoms. The second-order valence-electron chi connectivity index (χ2n) is 6.18. The van der Waals surface area contributed by atoms with E-state index in [1.807, 2.05) is 6.92 Å². The van der Waals surface area contributed by atoms with Crippen LogP contribution in [0.5, 0.6) is 0 Å². The van der Waals surface area contributed by atoms with Gasteiger partial charge in [0, 0.05) is 24.9 Å². The topological polar surface area (TPSA) is 72.2 Å². The highest BCUT2D eigenvalue weighted by Crippen LogP contribution is 2.70. The molecule has 2 rings (SSSR count). The molecule has 3 N–H and O–H groups in total. The van der Waals surface area contributed by atoms with Crippen LogP contribution in [0.1, 0.15) is 40.0 Å². The lowest BCUT2D eigenvalue weighted by Gasteiger charge is -2.38. The van der Waals surface area contributed by atoms with E-state index in [1.165, 1.54) is 0 Å². The Balaban J connectivity index is 2.33. The van der Waals surface area contributed by atoms with Gasteiger partial charge in [-0.25, -0.2) is 0 Å². The van der Waals surface area contributed by atoms with Gasteiger partial charge in [0.2, 0.25) is 5.91 Å². The number of Topliss-reactive ketones (excluding diaryl/α,β-unsaturated/α-hetero) is 1. The molecule has 0 saturated heterocycles. The Morgan fingerprint density at radius 3 is 2.41 bits per heavy atom. The molecule has 2 aliphatic rings. The number of carbonyl (C=O) groups is 2. The zero-order chi connectivity index (χ0) is 12.9. The minimum Gasteiger partial charge on any atom is -0.354 e. The van der Waals surface area contributed by atoms with E-state index in [0.717, 1.165) is 12.8 Å². The largest absolute Gasteiger partial charge is 0.354 e. The van der Waals surface area contributed by atoms with Crippen molar-refractivity contribution in [2.45, 2.75) is 40.0 Å². The molecule has 0 radical (unpaired) electrons. The summed E-state index contributed by atoms with van der Waals surface area (Å²) in [4.78, 5) is 24.5. The van der Waals surface area contributed by atoms with E-state index < -0.39 is 5.41 Å². The van der Waals surface area contributed by atoms with Crippen molar-refractivity contribution in [3.05, 3.63) is 0 Å². The number of rotatable bonds is 3. The first kappa shape index (κ1) is 12.6. The first-order valence-electron chi connectivity index (χ1n) is 6.33. The van der Waals surface area contributed by atoms with E-state index in [1.54, 1.807) is 0 Å². The van der Waals surface area contributed by atoms with Crippen LogP contribution in [0.2, 0.25) is 0 Å². The highest BCUT2D eigenvalue weighted by Gasteiger charge is 2.72. The van der Waals surface area contributed by atoms with Crippen LogP contribution in [0.3, 0.4) is 0 Å². The highest BCUT2D eigenvalue weighted by atomic mass is 16.2. The molecule has 1 amide bonds. The molecular weight excluding hydrogens is 216 g/mol. The number of carbonyl (C=O) groups excluding carboxylic acids is 2. The summed E-state index contributed by atoms with van der Waals surface area (Å²) in [6, 6.07) is 0. The first-order valence-corrected chi connectivity index (χ1v) is 6.33. The van der Waals surface area contributed by atoms with Crippen molar-refractivity contribution in [3.8, 4) is 0 Å². The quantitative estimate of drug-likeness (QED) is 0.765. The second kappa shape index (κ2) is 3.55. The third-order valence-corrected chi connectivity index (χ3v) is 5.57. The van der Waals surface area contributed by atoms with Crippen molar-refractivity contribution >= 4 is 11.7 Å². The van der Waals surface area contributed by atoms with E-state index in [0.29, 0.717) is 19.5 Å². The van der Waals surface area contributed by atoms with Gasteiger partial charge in [0.15, 0.2) is 0 Å². The van der Waals surface area contributed by atoms with Crippen molar-refractivity contribution in [1.29, 1.82) is 0 Å². The molecule has 0 heterocycles. The Labute approximate surface area is 102 Å². The summed E-state index contributed by atoms with van der Waals surface area (Å²) in [6.07, 6.45) is 2.04. The molecule has 0 spiro atoms. The number of ketones is 1. The van der Waals surface area contributed by atoms with E-state index in [9.17, 15) is 9.59 Å². The molecule has 0 unspecified atom stereocenters. The fourth-order valence-corrected chi connectivity index (χ4v) is 3.72. The minimum absolute atomic E-state index is 0.0162. The minimum atomic E-state index is -0.506. The van der Waals surface area contributed by atoms with E-state index in [4.69, 9.17) is 5.73 Å². The summed E-state index contributed by atoms with van der Waals surface area (Å²) in [7, 11) is 0. The Hall–Kier alpha value is -0.900. The first-order chi connectivity index (χ1) is 7.82. The molecule has 4 nitrogen and oxygen atoms in total. The van der Waals surface area contributed by atoms with Gasteiger partial charge in [0.25, 0.3) is 0 Å². The fraction of sp³-hybridized carbons (Fsp3) is 0.846. The van der Waals surface area contributed by atoms with Crippen molar-refractivity contribution in [1.82, 2.24) is 5.32 Å². The zero-order valence-electron chi connectivity index (χ0n) is 10.9. The van der Waals surface area contributed by atoms with Gasteiger partial charge in [0.05, 0.1) is 5.41 Å². The third-order valence-electron chi connectivity index (χ3n) is 5.57. The van der Waals surface area contributed by atoms with Crippen LogP contribution >= 0.6 is 0 Å². The number of hydrogen-bond acceptors (Lipinski definition) is 3. The Kier molecular flexibility index (Phi) is 2.62. The van der Waals surface area contributed by atoms with Gasteiger partial charge in [0.1, 0.15) is 5.78 Å². The summed E-state index contributed by atoms with van der Waals surface area (Å²) < 4.78 is 0. The number of hydrogen-bond donors (Lipinski definition) is 2. The maximum absolute atomic E-state index is 12.4. The fourth-order valence-electron chi connectivity index (χ4n) is 3.72. The van der Waals surface area contributed by atoms with Gasteiger partial charge in [-0.3, -0.25) is 9.59 Å². The van der Waals surface area contributed by atoms with Crippen LogP contribution in [0.4, 0.5) is 0 Å². The maximum atomic E-state index is 12.4. The molecule has 2 aliphatic carbocycles. The summed E-state index contributed by atoms with van der Waals surface area (Å²) in [5.41, 5.74) is 4.32. The number of amides is 1. The van der Waals surface area contributed by atoms with Crippen molar-refractivity contribution in [2.75, 3.05) is 13.1 Å². The van der Waals surface area contributed by atoms with Crippen molar-refractivity contribution in [3.63, 3.8) is 0 Å². The average molecular weight is 238 g/mol. The van der Waals surface area contributed by atoms with Gasteiger partial charge >= 0.3 is 0 Å². The van der Waals surface area contributed by atoms with E-state index >= 15 is 0 Å². The second-order valence-corrected chi connectivity index (χ2v) is 6.18. The zero-order valence-corrected chi connectivity index (χ0v) is 10.9. The summed E-state index contributed by atoms with van der Waals surface area (Å²) in [5.74, 6) is 0.263. The Bertz CT molecular complexity index is 378. The van der Waals surface area contributed by atoms with E-state index in [-0.39, 0.29) is 22.5 Å². The molecule has 0 aliphatic heterocycles. The van der Waals surface area contributed by atoms with Crippen LogP contribution < -0.4 is 11.1 Å². The average Bonchev–Trinajstić information content (AvgIpc) is 2.56. The SMILES string of the molecule is CC1(C)[C@@]2(C(=O)NCCN)CC[C@]1(C)C(=O)C2. The third kappa shape index (κ3) is 1.27. The molecule has 0 aromatic rings. The monoisotopic (exact) mass is 238 g/mol. The van der Waals surface area contributed by atoms with E-state index in [2.05, 4.69) is 19.2 Å². The summed E-state index contributed by atoms with van der Waals surface area (Å²) in [5, 5.41) is 2.87. The molecule has 96 valence electrons. The van der Waals surface area contributed by atoms with Gasteiger partial charge < -0.3 is 11.1 Å². The van der Waals surface area contributed by atoms with Crippen LogP contribution in [0.25, 0.3) is 0 Å². The summed E-state index contributed by atoms with van der Waals surface area (Å²) >= 11 is 0. The van der Waals surface area contributed by atoms with Crippen LogP contribution in [0, 0.1) is 16.2 Å².